The highest BCUT2D eigenvalue weighted by molar-refractivity contribution is 5.91. The smallest absolute Gasteiger partial charge is 0.458 e. The number of piperazine rings is 1. The number of hydrogen-bond donors (Lipinski definition) is 1. The molecule has 12 nitrogen and oxygen atoms in total. The first-order valence-corrected chi connectivity index (χ1v) is 12.5. The number of rotatable bonds is 7. The Balaban J connectivity index is 1.20. The molecule has 0 spiro atoms. The summed E-state index contributed by atoms with van der Waals surface area (Å²) in [7, 11) is 0. The fourth-order valence-electron chi connectivity index (χ4n) is 4.21. The molecular formula is C27H29N7O5. The highest BCUT2D eigenvalue weighted by atomic mass is 16.8. The topological polar surface area (TPSA) is 128 Å². The van der Waals surface area contributed by atoms with Crippen LogP contribution < -0.4 is 10.1 Å². The number of amides is 1. The van der Waals surface area contributed by atoms with Gasteiger partial charge in [0.2, 0.25) is 5.91 Å². The average Bonchev–Trinajstić information content (AvgIpc) is 3.49. The van der Waals surface area contributed by atoms with Crippen molar-refractivity contribution in [2.24, 2.45) is 0 Å². The van der Waals surface area contributed by atoms with E-state index in [2.05, 4.69) is 20.4 Å². The number of carbonyl (C=O) groups excluding carboxylic acids is 2. The number of anilines is 1. The number of hydroxylamine groups is 2. The highest BCUT2D eigenvalue weighted by Crippen LogP contribution is 2.23. The maximum absolute atomic E-state index is 12.9. The van der Waals surface area contributed by atoms with Crippen molar-refractivity contribution in [3.05, 3.63) is 71.7 Å². The van der Waals surface area contributed by atoms with Crippen LogP contribution in [0.3, 0.4) is 0 Å². The van der Waals surface area contributed by atoms with E-state index < -0.39 is 6.16 Å². The third kappa shape index (κ3) is 6.67. The van der Waals surface area contributed by atoms with Gasteiger partial charge >= 0.3 is 6.16 Å². The van der Waals surface area contributed by atoms with Crippen LogP contribution in [0.25, 0.3) is 17.4 Å². The van der Waals surface area contributed by atoms with Gasteiger partial charge in [-0.2, -0.15) is 5.10 Å². The summed E-state index contributed by atoms with van der Waals surface area (Å²) in [4.78, 5) is 41.4. The lowest BCUT2D eigenvalue weighted by Crippen LogP contribution is -2.49. The van der Waals surface area contributed by atoms with E-state index in [1.54, 1.807) is 41.1 Å². The first-order valence-electron chi connectivity index (χ1n) is 12.5. The van der Waals surface area contributed by atoms with E-state index in [4.69, 9.17) is 14.0 Å². The quantitative estimate of drug-likeness (QED) is 0.279. The predicted octanol–water partition coefficient (Wildman–Crippen LogP) is 3.53. The first kappa shape index (κ1) is 26.1. The SMILES string of the molecule is Cc1cc(C)n(-c2cc(NC(=O)CN3CCN(OC(=O)Oc4ccccc4)CC3)nc(-c3ccc(C)o3)n2)n1. The summed E-state index contributed by atoms with van der Waals surface area (Å²) in [6.07, 6.45) is -0.794. The van der Waals surface area contributed by atoms with Crippen LogP contribution in [-0.2, 0) is 9.63 Å². The molecule has 0 aliphatic carbocycles. The van der Waals surface area contributed by atoms with E-state index >= 15 is 0 Å². The zero-order chi connectivity index (χ0) is 27.4. The van der Waals surface area contributed by atoms with Gasteiger partial charge < -0.3 is 19.3 Å². The summed E-state index contributed by atoms with van der Waals surface area (Å²) >= 11 is 0. The Hall–Kier alpha value is -4.55. The molecule has 1 amide bonds. The minimum atomic E-state index is -0.794. The number of benzene rings is 1. The molecule has 1 aromatic carbocycles. The molecule has 0 radical (unpaired) electrons. The van der Waals surface area contributed by atoms with Crippen LogP contribution in [0, 0.1) is 20.8 Å². The lowest BCUT2D eigenvalue weighted by atomic mass is 10.3. The number of aromatic nitrogens is 4. The van der Waals surface area contributed by atoms with Gasteiger partial charge in [0.1, 0.15) is 17.3 Å². The second kappa shape index (κ2) is 11.5. The maximum atomic E-state index is 12.9. The number of nitrogens with zero attached hydrogens (tertiary/aromatic N) is 6. The van der Waals surface area contributed by atoms with Gasteiger partial charge in [0.15, 0.2) is 17.4 Å². The molecule has 12 heteroatoms. The molecule has 1 aliphatic rings. The molecule has 1 N–H and O–H groups in total. The zero-order valence-corrected chi connectivity index (χ0v) is 22.0. The normalized spacial score (nSPS) is 14.2. The van der Waals surface area contributed by atoms with Crippen LogP contribution in [0.4, 0.5) is 10.6 Å². The minimum absolute atomic E-state index is 0.150. The fraction of sp³-hybridized carbons (Fsp3) is 0.296. The molecule has 1 aliphatic heterocycles. The van der Waals surface area contributed by atoms with Gasteiger partial charge in [0.05, 0.1) is 12.2 Å². The number of carbonyl (C=O) groups is 2. The number of para-hydroxylation sites is 1. The van der Waals surface area contributed by atoms with Crippen LogP contribution in [0.15, 0.2) is 59.0 Å². The molecule has 202 valence electrons. The Bertz CT molecular complexity index is 1460. The Morgan fingerprint density at radius 1 is 0.974 bits per heavy atom. The molecule has 1 fully saturated rings. The van der Waals surface area contributed by atoms with Crippen LogP contribution in [0.2, 0.25) is 0 Å². The standard InChI is InChI=1S/C27H29N7O5/c1-18-15-19(2)34(31-18)24-16-23(29-26(30-24)22-10-9-20(3)37-22)28-25(35)17-32-11-13-33(14-12-32)39-27(36)38-21-7-5-4-6-8-21/h4-10,15-16H,11-14,17H2,1-3H3,(H,28,29,30,35). The Morgan fingerprint density at radius 2 is 1.74 bits per heavy atom. The van der Waals surface area contributed by atoms with Crippen molar-refractivity contribution in [3.63, 3.8) is 0 Å². The number of hydrogen-bond acceptors (Lipinski definition) is 10. The maximum Gasteiger partial charge on any atom is 0.533 e. The van der Waals surface area contributed by atoms with Crippen molar-refractivity contribution in [2.75, 3.05) is 38.0 Å². The highest BCUT2D eigenvalue weighted by Gasteiger charge is 2.23. The van der Waals surface area contributed by atoms with Gasteiger partial charge in [-0.1, -0.05) is 18.2 Å². The van der Waals surface area contributed by atoms with Crippen molar-refractivity contribution in [1.82, 2.24) is 29.7 Å². The number of ether oxygens (including phenoxy) is 1. The van der Waals surface area contributed by atoms with E-state index in [0.717, 1.165) is 17.1 Å². The minimum Gasteiger partial charge on any atom is -0.458 e. The summed E-state index contributed by atoms with van der Waals surface area (Å²) in [6.45, 7) is 7.77. The van der Waals surface area contributed by atoms with Crippen molar-refractivity contribution in [1.29, 1.82) is 0 Å². The van der Waals surface area contributed by atoms with Gasteiger partial charge in [-0.15, -0.1) is 5.06 Å². The summed E-state index contributed by atoms with van der Waals surface area (Å²) in [5.41, 5.74) is 1.75. The van der Waals surface area contributed by atoms with Crippen molar-refractivity contribution >= 4 is 17.9 Å². The first-order chi connectivity index (χ1) is 18.8. The summed E-state index contributed by atoms with van der Waals surface area (Å²) < 4.78 is 12.6. The molecule has 0 atom stereocenters. The second-order valence-corrected chi connectivity index (χ2v) is 9.19. The van der Waals surface area contributed by atoms with E-state index in [0.29, 0.717) is 55.1 Å². The molecule has 5 rings (SSSR count). The molecule has 4 aromatic rings. The molecule has 0 bridgehead atoms. The van der Waals surface area contributed by atoms with E-state index in [1.165, 1.54) is 5.06 Å². The predicted molar refractivity (Wildman–Crippen MR) is 141 cm³/mol. The van der Waals surface area contributed by atoms with Gasteiger partial charge in [-0.3, -0.25) is 9.69 Å². The number of nitrogens with one attached hydrogen (secondary N) is 1. The lowest BCUT2D eigenvalue weighted by Gasteiger charge is -2.32. The van der Waals surface area contributed by atoms with Crippen LogP contribution in [-0.4, -0.2) is 74.5 Å². The van der Waals surface area contributed by atoms with Gasteiger partial charge in [0.25, 0.3) is 0 Å². The van der Waals surface area contributed by atoms with Crippen LogP contribution in [0.1, 0.15) is 17.1 Å². The van der Waals surface area contributed by atoms with Crippen molar-refractivity contribution in [2.45, 2.75) is 20.8 Å². The van der Waals surface area contributed by atoms with E-state index in [9.17, 15) is 9.59 Å². The van der Waals surface area contributed by atoms with Gasteiger partial charge in [0, 0.05) is 37.9 Å². The zero-order valence-electron chi connectivity index (χ0n) is 22.0. The molecular weight excluding hydrogens is 502 g/mol. The molecule has 39 heavy (non-hydrogen) atoms. The summed E-state index contributed by atoms with van der Waals surface area (Å²) in [6, 6.07) is 16.0. The summed E-state index contributed by atoms with van der Waals surface area (Å²) in [5, 5.41) is 8.92. The molecule has 0 unspecified atom stereocenters. The van der Waals surface area contributed by atoms with Gasteiger partial charge in [-0.25, -0.2) is 19.4 Å². The Kier molecular flexibility index (Phi) is 7.66. The molecule has 1 saturated heterocycles. The molecule has 4 heterocycles. The summed E-state index contributed by atoms with van der Waals surface area (Å²) in [5.74, 6) is 2.61. The Morgan fingerprint density at radius 3 is 2.41 bits per heavy atom. The van der Waals surface area contributed by atoms with Crippen molar-refractivity contribution in [3.8, 4) is 23.2 Å². The monoisotopic (exact) mass is 531 g/mol. The lowest BCUT2D eigenvalue weighted by molar-refractivity contribution is -0.139. The average molecular weight is 532 g/mol. The largest absolute Gasteiger partial charge is 0.533 e. The second-order valence-electron chi connectivity index (χ2n) is 9.19. The molecule has 0 saturated carbocycles. The van der Waals surface area contributed by atoms with Crippen LogP contribution >= 0.6 is 0 Å². The number of furan rings is 1. The fourth-order valence-corrected chi connectivity index (χ4v) is 4.21. The Labute approximate surface area is 225 Å². The third-order valence-corrected chi connectivity index (χ3v) is 6.01. The van der Waals surface area contributed by atoms with Crippen LogP contribution in [0.5, 0.6) is 5.75 Å². The van der Waals surface area contributed by atoms with E-state index in [-0.39, 0.29) is 12.5 Å². The number of aryl methyl sites for hydroxylation is 3. The van der Waals surface area contributed by atoms with Gasteiger partial charge in [-0.05, 0) is 51.1 Å². The van der Waals surface area contributed by atoms with Crippen molar-refractivity contribution < 1.29 is 23.6 Å². The molecule has 3 aromatic heterocycles. The third-order valence-electron chi connectivity index (χ3n) is 6.01. The van der Waals surface area contributed by atoms with E-state index in [1.807, 2.05) is 43.9 Å².